The van der Waals surface area contributed by atoms with Gasteiger partial charge in [0, 0.05) is 5.02 Å². The number of hydrogen-bond acceptors (Lipinski definition) is 1. The van der Waals surface area contributed by atoms with Crippen LogP contribution in [-0.2, 0) is 6.61 Å². The standard InChI is InChI=1S/C13H10BClF3O/c15-12-3-1-2-10(8-12)9-19-13-6-4-11(5-7-13)14(16,17)18/h1-8H,9H2/q-1. The molecule has 2 aromatic carbocycles. The highest BCUT2D eigenvalue weighted by molar-refractivity contribution is 6.73. The van der Waals surface area contributed by atoms with Gasteiger partial charge in [0.25, 0.3) is 0 Å². The molecule has 0 aliphatic rings. The molecule has 0 heterocycles. The molecule has 0 unspecified atom stereocenters. The molecule has 0 N–H and O–H groups in total. The molecule has 0 aromatic heterocycles. The number of halogens is 4. The van der Waals surface area contributed by atoms with Gasteiger partial charge in [-0.15, -0.1) is 5.46 Å². The van der Waals surface area contributed by atoms with Crippen molar-refractivity contribution in [2.75, 3.05) is 0 Å². The van der Waals surface area contributed by atoms with Crippen molar-refractivity contribution in [1.29, 1.82) is 0 Å². The molecule has 0 spiro atoms. The molecule has 100 valence electrons. The lowest BCUT2D eigenvalue weighted by Crippen LogP contribution is -2.33. The van der Waals surface area contributed by atoms with Crippen molar-refractivity contribution in [1.82, 2.24) is 0 Å². The maximum Gasteiger partial charge on any atom is 0.509 e. The molecule has 6 heteroatoms. The third-order valence-corrected chi connectivity index (χ3v) is 2.79. The Labute approximate surface area is 114 Å². The Hall–Kier alpha value is -1.62. The van der Waals surface area contributed by atoms with Crippen LogP contribution in [0.15, 0.2) is 48.5 Å². The van der Waals surface area contributed by atoms with E-state index in [-0.39, 0.29) is 6.61 Å². The fourth-order valence-electron chi connectivity index (χ4n) is 1.58. The van der Waals surface area contributed by atoms with E-state index in [1.165, 1.54) is 12.1 Å². The second-order valence-electron chi connectivity index (χ2n) is 4.06. The summed E-state index contributed by atoms with van der Waals surface area (Å²) in [6.07, 6.45) is 0. The molecule has 2 rings (SSSR count). The topological polar surface area (TPSA) is 9.23 Å². The monoisotopic (exact) mass is 285 g/mol. The number of rotatable bonds is 4. The van der Waals surface area contributed by atoms with Crippen LogP contribution in [0, 0.1) is 0 Å². The van der Waals surface area contributed by atoms with Gasteiger partial charge in [-0.05, 0) is 29.8 Å². The summed E-state index contributed by atoms with van der Waals surface area (Å²) in [5, 5.41) is 0.594. The minimum atomic E-state index is -4.96. The van der Waals surface area contributed by atoms with E-state index in [0.29, 0.717) is 10.8 Å². The van der Waals surface area contributed by atoms with Gasteiger partial charge in [0.15, 0.2) is 0 Å². The summed E-state index contributed by atoms with van der Waals surface area (Å²) in [5.41, 5.74) is 0.228. The lowest BCUT2D eigenvalue weighted by molar-refractivity contribution is 0.306. The van der Waals surface area contributed by atoms with E-state index in [1.807, 2.05) is 6.07 Å². The van der Waals surface area contributed by atoms with Crippen molar-refractivity contribution in [3.63, 3.8) is 0 Å². The minimum absolute atomic E-state index is 0.261. The van der Waals surface area contributed by atoms with Crippen molar-refractivity contribution in [3.05, 3.63) is 59.1 Å². The van der Waals surface area contributed by atoms with Crippen LogP contribution in [-0.4, -0.2) is 6.98 Å². The molecule has 1 nitrogen and oxygen atoms in total. The van der Waals surface area contributed by atoms with Gasteiger partial charge in [0.1, 0.15) is 12.4 Å². The Morgan fingerprint density at radius 1 is 1.00 bits per heavy atom. The normalized spacial score (nSPS) is 11.4. The van der Waals surface area contributed by atoms with Crippen molar-refractivity contribution in [2.24, 2.45) is 0 Å². The van der Waals surface area contributed by atoms with Gasteiger partial charge in [-0.3, -0.25) is 0 Å². The second kappa shape index (κ2) is 5.57. The molecule has 0 radical (unpaired) electrons. The summed E-state index contributed by atoms with van der Waals surface area (Å²) in [5.74, 6) is 0.392. The molecule has 0 saturated heterocycles. The molecule has 0 saturated carbocycles. The van der Waals surface area contributed by atoms with Crippen molar-refractivity contribution >= 4 is 24.0 Å². The smallest absolute Gasteiger partial charge is 0.489 e. The Morgan fingerprint density at radius 2 is 1.68 bits per heavy atom. The maximum atomic E-state index is 12.4. The summed E-state index contributed by atoms with van der Waals surface area (Å²) >= 11 is 5.82. The number of benzene rings is 2. The summed E-state index contributed by atoms with van der Waals surface area (Å²) < 4.78 is 42.7. The fraction of sp³-hybridized carbons (Fsp3) is 0.0769. The third-order valence-electron chi connectivity index (χ3n) is 2.55. The second-order valence-corrected chi connectivity index (χ2v) is 4.50. The first-order valence-electron chi connectivity index (χ1n) is 5.62. The molecular weight excluding hydrogens is 275 g/mol. The molecule has 0 fully saturated rings. The average Bonchev–Trinajstić information content (AvgIpc) is 2.36. The van der Waals surface area contributed by atoms with E-state index >= 15 is 0 Å². The Kier molecular flexibility index (Phi) is 4.05. The van der Waals surface area contributed by atoms with Crippen LogP contribution < -0.4 is 10.2 Å². The third kappa shape index (κ3) is 3.93. The first-order chi connectivity index (χ1) is 8.95. The van der Waals surface area contributed by atoms with Gasteiger partial charge in [-0.1, -0.05) is 35.9 Å². The first kappa shape index (κ1) is 13.8. The van der Waals surface area contributed by atoms with Gasteiger partial charge < -0.3 is 17.7 Å². The molecule has 2 aromatic rings. The molecule has 0 bridgehead atoms. The number of ether oxygens (including phenoxy) is 1. The highest BCUT2D eigenvalue weighted by Gasteiger charge is 2.24. The molecule has 0 atom stereocenters. The summed E-state index contributed by atoms with van der Waals surface area (Å²) in [4.78, 5) is 0. The predicted octanol–water partition coefficient (Wildman–Crippen LogP) is 3.97. The number of hydrogen-bond donors (Lipinski definition) is 0. The van der Waals surface area contributed by atoms with Crippen molar-refractivity contribution in [2.45, 2.75) is 6.61 Å². The van der Waals surface area contributed by atoms with Crippen LogP contribution >= 0.6 is 11.6 Å². The lowest BCUT2D eigenvalue weighted by atomic mass is 9.80. The molecule has 0 amide bonds. The van der Waals surface area contributed by atoms with Gasteiger partial charge in [-0.2, -0.15) is 0 Å². The highest BCUT2D eigenvalue weighted by atomic mass is 35.5. The molecule has 0 aliphatic heterocycles. The zero-order chi connectivity index (χ0) is 13.9. The van der Waals surface area contributed by atoms with E-state index in [9.17, 15) is 12.9 Å². The van der Waals surface area contributed by atoms with Crippen LogP contribution in [0.25, 0.3) is 0 Å². The SMILES string of the molecule is F[B-](F)(F)c1ccc(OCc2cccc(Cl)c2)cc1. The van der Waals surface area contributed by atoms with Crippen LogP contribution in [0.3, 0.4) is 0 Å². The Bertz CT molecular complexity index is 555. The van der Waals surface area contributed by atoms with Crippen molar-refractivity contribution < 1.29 is 17.7 Å². The maximum absolute atomic E-state index is 12.4. The zero-order valence-electron chi connectivity index (χ0n) is 9.82. The predicted molar refractivity (Wildman–Crippen MR) is 70.9 cm³/mol. The van der Waals surface area contributed by atoms with Crippen LogP contribution in [0.5, 0.6) is 5.75 Å². The molecule has 0 aliphatic carbocycles. The van der Waals surface area contributed by atoms with Gasteiger partial charge >= 0.3 is 6.98 Å². The van der Waals surface area contributed by atoms with E-state index in [4.69, 9.17) is 16.3 Å². The highest BCUT2D eigenvalue weighted by Crippen LogP contribution is 2.16. The van der Waals surface area contributed by atoms with Gasteiger partial charge in [0.2, 0.25) is 0 Å². The van der Waals surface area contributed by atoms with E-state index in [0.717, 1.165) is 17.7 Å². The van der Waals surface area contributed by atoms with Gasteiger partial charge in [-0.25, -0.2) is 0 Å². The first-order valence-corrected chi connectivity index (χ1v) is 6.00. The summed E-state index contributed by atoms with van der Waals surface area (Å²) in [6, 6.07) is 11.8. The van der Waals surface area contributed by atoms with Crippen molar-refractivity contribution in [3.8, 4) is 5.75 Å². The average molecular weight is 285 g/mol. The van der Waals surface area contributed by atoms with Crippen LogP contribution in [0.4, 0.5) is 12.9 Å². The zero-order valence-corrected chi connectivity index (χ0v) is 10.6. The van der Waals surface area contributed by atoms with E-state index < -0.39 is 12.4 Å². The Balaban J connectivity index is 2.01. The largest absolute Gasteiger partial charge is 0.509 e. The van der Waals surface area contributed by atoms with E-state index in [1.54, 1.807) is 18.2 Å². The lowest BCUT2D eigenvalue weighted by Gasteiger charge is -2.15. The van der Waals surface area contributed by atoms with Crippen LogP contribution in [0.2, 0.25) is 5.02 Å². The quantitative estimate of drug-likeness (QED) is 0.772. The molecule has 19 heavy (non-hydrogen) atoms. The summed E-state index contributed by atoms with van der Waals surface area (Å²) in [6.45, 7) is -4.69. The molecular formula is C13H10BClF3O-. The minimum Gasteiger partial charge on any atom is -0.489 e. The fourth-order valence-corrected chi connectivity index (χ4v) is 1.79. The summed E-state index contributed by atoms with van der Waals surface area (Å²) in [7, 11) is 0. The Morgan fingerprint density at radius 3 is 2.26 bits per heavy atom. The van der Waals surface area contributed by atoms with Crippen LogP contribution in [0.1, 0.15) is 5.56 Å². The van der Waals surface area contributed by atoms with Gasteiger partial charge in [0.05, 0.1) is 0 Å². The van der Waals surface area contributed by atoms with E-state index in [2.05, 4.69) is 0 Å².